The molecule has 14 heavy (non-hydrogen) atoms. The summed E-state index contributed by atoms with van der Waals surface area (Å²) < 4.78 is 6.27. The van der Waals surface area contributed by atoms with Crippen molar-refractivity contribution in [1.82, 2.24) is 4.98 Å². The van der Waals surface area contributed by atoms with Gasteiger partial charge < -0.3 is 10.2 Å². The molecule has 2 aromatic heterocycles. The molecule has 0 spiro atoms. The average Bonchev–Trinajstić information content (AvgIpc) is 2.52. The van der Waals surface area contributed by atoms with Crippen LogP contribution in [0.2, 0.25) is 0 Å². The summed E-state index contributed by atoms with van der Waals surface area (Å²) in [5.41, 5.74) is 7.57. The maximum Gasteiger partial charge on any atom is 0.149 e. The van der Waals surface area contributed by atoms with Crippen molar-refractivity contribution < 1.29 is 4.42 Å². The van der Waals surface area contributed by atoms with E-state index in [2.05, 4.69) is 20.9 Å². The molecule has 0 fully saturated rings. The predicted molar refractivity (Wildman–Crippen MR) is 58.8 cm³/mol. The van der Waals surface area contributed by atoms with Gasteiger partial charge in [-0.25, -0.2) is 4.98 Å². The number of rotatable bonds is 1. The van der Waals surface area contributed by atoms with E-state index in [1.807, 2.05) is 19.1 Å². The van der Waals surface area contributed by atoms with Crippen molar-refractivity contribution in [3.8, 4) is 11.3 Å². The standard InChI is InChI=1S/C10H9BrN2O/c1-6-4-9(12)13-5-7(6)10-8(11)2-3-14-10/h2-5H,1H3,(H2,12,13). The van der Waals surface area contributed by atoms with Crippen LogP contribution in [-0.2, 0) is 0 Å². The van der Waals surface area contributed by atoms with E-state index in [0.29, 0.717) is 5.82 Å². The summed E-state index contributed by atoms with van der Waals surface area (Å²) in [5, 5.41) is 0. The van der Waals surface area contributed by atoms with Crippen LogP contribution in [0.3, 0.4) is 0 Å². The van der Waals surface area contributed by atoms with Crippen LogP contribution in [-0.4, -0.2) is 4.98 Å². The molecule has 0 aliphatic carbocycles. The molecular formula is C10H9BrN2O. The van der Waals surface area contributed by atoms with Gasteiger partial charge in [0.2, 0.25) is 0 Å². The van der Waals surface area contributed by atoms with Crippen LogP contribution in [0.4, 0.5) is 5.82 Å². The molecule has 2 aromatic rings. The van der Waals surface area contributed by atoms with Crippen LogP contribution in [0.1, 0.15) is 5.56 Å². The zero-order valence-electron chi connectivity index (χ0n) is 7.62. The molecule has 0 bridgehead atoms. The monoisotopic (exact) mass is 252 g/mol. The van der Waals surface area contributed by atoms with Gasteiger partial charge in [0.25, 0.3) is 0 Å². The maximum atomic E-state index is 5.57. The number of nitrogens with two attached hydrogens (primary N) is 1. The van der Waals surface area contributed by atoms with Gasteiger partial charge in [-0.2, -0.15) is 0 Å². The Balaban J connectivity index is 2.58. The summed E-state index contributed by atoms with van der Waals surface area (Å²) in [7, 11) is 0. The third kappa shape index (κ3) is 1.53. The number of nitrogens with zero attached hydrogens (tertiary/aromatic N) is 1. The second kappa shape index (κ2) is 3.46. The number of pyridine rings is 1. The van der Waals surface area contributed by atoms with E-state index in [4.69, 9.17) is 10.2 Å². The highest BCUT2D eigenvalue weighted by molar-refractivity contribution is 9.10. The highest BCUT2D eigenvalue weighted by Crippen LogP contribution is 2.31. The highest BCUT2D eigenvalue weighted by Gasteiger charge is 2.09. The van der Waals surface area contributed by atoms with Crippen molar-refractivity contribution in [2.45, 2.75) is 6.92 Å². The van der Waals surface area contributed by atoms with Gasteiger partial charge in [0.05, 0.1) is 10.7 Å². The third-order valence-corrected chi connectivity index (χ3v) is 2.62. The number of hydrogen-bond acceptors (Lipinski definition) is 3. The molecule has 2 N–H and O–H groups in total. The first-order valence-corrected chi connectivity index (χ1v) is 4.93. The lowest BCUT2D eigenvalue weighted by atomic mass is 10.1. The molecule has 72 valence electrons. The topological polar surface area (TPSA) is 52.0 Å². The van der Waals surface area contributed by atoms with Gasteiger partial charge in [0.1, 0.15) is 11.6 Å². The average molecular weight is 253 g/mol. The van der Waals surface area contributed by atoms with Gasteiger partial charge in [-0.1, -0.05) is 0 Å². The molecule has 4 heteroatoms. The number of furan rings is 1. The van der Waals surface area contributed by atoms with Gasteiger partial charge in [0.15, 0.2) is 0 Å². The maximum absolute atomic E-state index is 5.57. The molecule has 3 nitrogen and oxygen atoms in total. The highest BCUT2D eigenvalue weighted by atomic mass is 79.9. The van der Waals surface area contributed by atoms with Crippen molar-refractivity contribution in [1.29, 1.82) is 0 Å². The van der Waals surface area contributed by atoms with Crippen molar-refractivity contribution in [3.63, 3.8) is 0 Å². The second-order valence-corrected chi connectivity index (χ2v) is 3.88. The summed E-state index contributed by atoms with van der Waals surface area (Å²) in [6.07, 6.45) is 3.35. The molecule has 0 amide bonds. The van der Waals surface area contributed by atoms with E-state index in [1.165, 1.54) is 0 Å². The van der Waals surface area contributed by atoms with E-state index < -0.39 is 0 Å². The Labute approximate surface area is 90.1 Å². The van der Waals surface area contributed by atoms with Crippen molar-refractivity contribution in [2.75, 3.05) is 5.73 Å². The predicted octanol–water partition coefficient (Wildman–Crippen LogP) is 2.99. The lowest BCUT2D eigenvalue weighted by Gasteiger charge is -2.03. The largest absolute Gasteiger partial charge is 0.463 e. The van der Waals surface area contributed by atoms with E-state index in [1.54, 1.807) is 12.5 Å². The molecule has 0 aliphatic heterocycles. The lowest BCUT2D eigenvalue weighted by molar-refractivity contribution is 0.580. The molecule has 2 rings (SSSR count). The Morgan fingerprint density at radius 2 is 2.29 bits per heavy atom. The van der Waals surface area contributed by atoms with E-state index in [-0.39, 0.29) is 0 Å². The Morgan fingerprint density at radius 3 is 2.86 bits per heavy atom. The Bertz CT molecular complexity index is 465. The summed E-state index contributed by atoms with van der Waals surface area (Å²) >= 11 is 3.40. The molecule has 0 radical (unpaired) electrons. The molecule has 2 heterocycles. The molecule has 0 unspecified atom stereocenters. The fourth-order valence-corrected chi connectivity index (χ4v) is 1.72. The van der Waals surface area contributed by atoms with Crippen LogP contribution in [0.25, 0.3) is 11.3 Å². The fourth-order valence-electron chi connectivity index (χ4n) is 1.30. The fraction of sp³-hybridized carbons (Fsp3) is 0.100. The number of anilines is 1. The number of nitrogen functional groups attached to an aromatic ring is 1. The first-order valence-electron chi connectivity index (χ1n) is 4.14. The van der Waals surface area contributed by atoms with Crippen molar-refractivity contribution in [2.24, 2.45) is 0 Å². The quantitative estimate of drug-likeness (QED) is 0.849. The Morgan fingerprint density at radius 1 is 1.50 bits per heavy atom. The van der Waals surface area contributed by atoms with Crippen LogP contribution in [0, 0.1) is 6.92 Å². The first kappa shape index (κ1) is 9.27. The molecule has 0 saturated carbocycles. The SMILES string of the molecule is Cc1cc(N)ncc1-c1occc1Br. The number of aryl methyl sites for hydroxylation is 1. The lowest BCUT2D eigenvalue weighted by Crippen LogP contribution is -1.92. The van der Waals surface area contributed by atoms with E-state index in [0.717, 1.165) is 21.4 Å². The van der Waals surface area contributed by atoms with E-state index in [9.17, 15) is 0 Å². The van der Waals surface area contributed by atoms with Gasteiger partial charge in [-0.15, -0.1) is 0 Å². The normalized spacial score (nSPS) is 10.4. The Hall–Kier alpha value is -1.29. The van der Waals surface area contributed by atoms with E-state index >= 15 is 0 Å². The zero-order valence-corrected chi connectivity index (χ0v) is 9.21. The Kier molecular flexibility index (Phi) is 2.29. The first-order chi connectivity index (χ1) is 6.68. The summed E-state index contributed by atoms with van der Waals surface area (Å²) in [5.74, 6) is 1.31. The minimum absolute atomic E-state index is 0.522. The zero-order chi connectivity index (χ0) is 10.1. The van der Waals surface area contributed by atoms with Gasteiger partial charge in [-0.3, -0.25) is 0 Å². The smallest absolute Gasteiger partial charge is 0.149 e. The molecule has 0 aromatic carbocycles. The van der Waals surface area contributed by atoms with Crippen molar-refractivity contribution in [3.05, 3.63) is 34.6 Å². The van der Waals surface area contributed by atoms with Crippen LogP contribution < -0.4 is 5.73 Å². The second-order valence-electron chi connectivity index (χ2n) is 3.02. The molecular weight excluding hydrogens is 244 g/mol. The van der Waals surface area contributed by atoms with Crippen LogP contribution in [0.5, 0.6) is 0 Å². The van der Waals surface area contributed by atoms with Crippen molar-refractivity contribution >= 4 is 21.7 Å². The molecule has 0 aliphatic rings. The van der Waals surface area contributed by atoms with Crippen LogP contribution in [0.15, 0.2) is 33.5 Å². The minimum Gasteiger partial charge on any atom is -0.463 e. The molecule has 0 saturated heterocycles. The summed E-state index contributed by atoms with van der Waals surface area (Å²) in [6, 6.07) is 3.68. The van der Waals surface area contributed by atoms with Gasteiger partial charge >= 0.3 is 0 Å². The molecule has 0 atom stereocenters. The third-order valence-electron chi connectivity index (χ3n) is 1.99. The number of halogens is 1. The van der Waals surface area contributed by atoms with Crippen LogP contribution >= 0.6 is 15.9 Å². The summed E-state index contributed by atoms with van der Waals surface area (Å²) in [6.45, 7) is 1.97. The van der Waals surface area contributed by atoms with Gasteiger partial charge in [0, 0.05) is 11.8 Å². The van der Waals surface area contributed by atoms with Gasteiger partial charge in [-0.05, 0) is 40.5 Å². The number of hydrogen-bond donors (Lipinski definition) is 1. The summed E-state index contributed by atoms with van der Waals surface area (Å²) in [4.78, 5) is 4.03. The number of aromatic nitrogens is 1. The minimum atomic E-state index is 0.522.